The minimum absolute atomic E-state index is 0.00231. The fourth-order valence-corrected chi connectivity index (χ4v) is 6.61. The van der Waals surface area contributed by atoms with Crippen LogP contribution in [0.2, 0.25) is 10.0 Å². The molecule has 0 radical (unpaired) electrons. The normalized spacial score (nSPS) is 12.0. The van der Waals surface area contributed by atoms with E-state index >= 15 is 0 Å². The molecule has 1 N–H and O–H groups in total. The molecular weight excluding hydrogens is 605 g/mol. The molecule has 2 amide bonds. The summed E-state index contributed by atoms with van der Waals surface area (Å²) in [7, 11) is -4.23. The molecule has 0 aliphatic rings. The van der Waals surface area contributed by atoms with E-state index in [1.54, 1.807) is 66.7 Å². The molecule has 10 heteroatoms. The van der Waals surface area contributed by atoms with Crippen molar-refractivity contribution in [2.45, 2.75) is 43.8 Å². The van der Waals surface area contributed by atoms with Gasteiger partial charge in [-0.05, 0) is 61.4 Å². The first kappa shape index (κ1) is 32.1. The van der Waals surface area contributed by atoms with Crippen LogP contribution >= 0.6 is 23.2 Å². The first-order chi connectivity index (χ1) is 20.6. The van der Waals surface area contributed by atoms with Crippen LogP contribution in [0.15, 0.2) is 114 Å². The van der Waals surface area contributed by atoms with Gasteiger partial charge in [0.05, 0.1) is 15.6 Å². The molecule has 0 spiro atoms. The minimum atomic E-state index is -4.23. The summed E-state index contributed by atoms with van der Waals surface area (Å²) in [6.45, 7) is 3.10. The number of rotatable bonds is 12. The molecular formula is C33H33Cl2N3O4S. The number of halogens is 2. The number of hydrogen-bond donors (Lipinski definition) is 1. The lowest BCUT2D eigenvalue weighted by atomic mass is 10.0. The number of carbonyl (C=O) groups excluding carboxylic acids is 2. The number of benzene rings is 4. The average Bonchev–Trinajstić information content (AvgIpc) is 2.98. The van der Waals surface area contributed by atoms with Crippen LogP contribution in [0.5, 0.6) is 0 Å². The van der Waals surface area contributed by atoms with Crippen molar-refractivity contribution in [3.8, 4) is 0 Å². The number of nitrogens with one attached hydrogen (secondary N) is 1. The molecule has 4 aromatic carbocycles. The van der Waals surface area contributed by atoms with Gasteiger partial charge in [0.15, 0.2) is 0 Å². The molecule has 7 nitrogen and oxygen atoms in total. The number of carbonyl (C=O) groups is 2. The second-order valence-corrected chi connectivity index (χ2v) is 13.0. The number of para-hydroxylation sites is 1. The molecule has 0 aliphatic carbocycles. The van der Waals surface area contributed by atoms with Gasteiger partial charge in [0.1, 0.15) is 12.6 Å². The van der Waals surface area contributed by atoms with Crippen molar-refractivity contribution in [3.63, 3.8) is 0 Å². The largest absolute Gasteiger partial charge is 0.352 e. The number of hydrogen-bond acceptors (Lipinski definition) is 4. The summed E-state index contributed by atoms with van der Waals surface area (Å²) in [5.74, 6) is -0.941. The van der Waals surface area contributed by atoms with Crippen molar-refractivity contribution in [2.75, 3.05) is 10.8 Å². The third-order valence-electron chi connectivity index (χ3n) is 6.68. The summed E-state index contributed by atoms with van der Waals surface area (Å²) >= 11 is 12.8. The van der Waals surface area contributed by atoms with Crippen LogP contribution in [0.1, 0.15) is 25.0 Å². The van der Waals surface area contributed by atoms with Crippen molar-refractivity contribution < 1.29 is 18.0 Å². The molecule has 0 saturated heterocycles. The predicted molar refractivity (Wildman–Crippen MR) is 172 cm³/mol. The lowest BCUT2D eigenvalue weighted by Gasteiger charge is -2.34. The third-order valence-corrected chi connectivity index (χ3v) is 9.00. The van der Waals surface area contributed by atoms with Crippen LogP contribution < -0.4 is 9.62 Å². The van der Waals surface area contributed by atoms with Crippen LogP contribution in [0.4, 0.5) is 5.69 Å². The molecule has 1 atom stereocenters. The van der Waals surface area contributed by atoms with Crippen LogP contribution in [0, 0.1) is 0 Å². The zero-order chi connectivity index (χ0) is 31.0. The highest BCUT2D eigenvalue weighted by Crippen LogP contribution is 2.31. The van der Waals surface area contributed by atoms with Gasteiger partial charge in [-0.2, -0.15) is 0 Å². The molecule has 224 valence electrons. The lowest BCUT2D eigenvalue weighted by Crippen LogP contribution is -2.54. The Morgan fingerprint density at radius 1 is 0.791 bits per heavy atom. The molecule has 43 heavy (non-hydrogen) atoms. The average molecular weight is 639 g/mol. The first-order valence-electron chi connectivity index (χ1n) is 13.8. The first-order valence-corrected chi connectivity index (χ1v) is 16.0. The zero-order valence-electron chi connectivity index (χ0n) is 23.9. The van der Waals surface area contributed by atoms with Gasteiger partial charge >= 0.3 is 0 Å². The van der Waals surface area contributed by atoms with E-state index in [1.807, 2.05) is 44.2 Å². The number of anilines is 1. The Morgan fingerprint density at radius 2 is 1.40 bits per heavy atom. The monoisotopic (exact) mass is 637 g/mol. The maximum absolute atomic E-state index is 14.4. The standard InChI is InChI=1S/C33H33Cl2N3O4S/c1-24(2)36-33(40)31(21-25-12-5-3-6-13-25)37(22-26-14-11-15-27(34)20-26)32(39)23-38(30-19-10-9-18-29(30)35)43(41,42)28-16-7-4-8-17-28/h3-20,24,31H,21-23H2,1-2H3,(H,36,40)/t31-/m0/s1. The Hall–Kier alpha value is -3.85. The van der Waals surface area contributed by atoms with E-state index in [0.29, 0.717) is 10.6 Å². The smallest absolute Gasteiger partial charge is 0.264 e. The summed E-state index contributed by atoms with van der Waals surface area (Å²) in [6, 6.07) is 29.5. The van der Waals surface area contributed by atoms with Gasteiger partial charge in [-0.3, -0.25) is 13.9 Å². The van der Waals surface area contributed by atoms with Gasteiger partial charge in [-0.25, -0.2) is 8.42 Å². The Bertz CT molecular complexity index is 1650. The Balaban J connectivity index is 1.81. The Kier molecular flexibility index (Phi) is 10.9. The quantitative estimate of drug-likeness (QED) is 0.196. The minimum Gasteiger partial charge on any atom is -0.352 e. The fraction of sp³-hybridized carbons (Fsp3) is 0.212. The van der Waals surface area contributed by atoms with Crippen LogP contribution in [0.25, 0.3) is 0 Å². The van der Waals surface area contributed by atoms with Crippen molar-refractivity contribution in [1.29, 1.82) is 0 Å². The molecule has 4 rings (SSSR count). The van der Waals surface area contributed by atoms with Crippen LogP contribution in [0.3, 0.4) is 0 Å². The van der Waals surface area contributed by atoms with E-state index in [0.717, 1.165) is 9.87 Å². The van der Waals surface area contributed by atoms with Gasteiger partial charge in [0, 0.05) is 24.0 Å². The van der Waals surface area contributed by atoms with E-state index in [1.165, 1.54) is 17.0 Å². The summed E-state index contributed by atoms with van der Waals surface area (Å²) in [4.78, 5) is 29.5. The van der Waals surface area contributed by atoms with Crippen LogP contribution in [-0.2, 0) is 32.6 Å². The van der Waals surface area contributed by atoms with Gasteiger partial charge in [-0.1, -0.05) is 96.0 Å². The Labute approximate surface area is 263 Å². The second kappa shape index (κ2) is 14.6. The predicted octanol–water partition coefficient (Wildman–Crippen LogP) is 6.35. The molecule has 0 heterocycles. The van der Waals surface area contributed by atoms with Gasteiger partial charge < -0.3 is 10.2 Å². The SMILES string of the molecule is CC(C)NC(=O)[C@H](Cc1ccccc1)N(Cc1cccc(Cl)c1)C(=O)CN(c1ccccc1Cl)S(=O)(=O)c1ccccc1. The Morgan fingerprint density at radius 3 is 2.02 bits per heavy atom. The highest BCUT2D eigenvalue weighted by Gasteiger charge is 2.35. The van der Waals surface area contributed by atoms with Gasteiger partial charge in [-0.15, -0.1) is 0 Å². The van der Waals surface area contributed by atoms with Crippen LogP contribution in [-0.4, -0.2) is 43.8 Å². The maximum Gasteiger partial charge on any atom is 0.264 e. The molecule has 0 bridgehead atoms. The summed E-state index contributed by atoms with van der Waals surface area (Å²) in [5.41, 5.74) is 1.68. The highest BCUT2D eigenvalue weighted by molar-refractivity contribution is 7.92. The van der Waals surface area contributed by atoms with Gasteiger partial charge in [0.2, 0.25) is 11.8 Å². The maximum atomic E-state index is 14.4. The second-order valence-electron chi connectivity index (χ2n) is 10.3. The fourth-order valence-electron chi connectivity index (χ4n) is 4.65. The molecule has 0 aromatic heterocycles. The van der Waals surface area contributed by atoms with E-state index in [-0.39, 0.29) is 40.5 Å². The highest BCUT2D eigenvalue weighted by atomic mass is 35.5. The summed E-state index contributed by atoms with van der Waals surface area (Å²) < 4.78 is 29.0. The van der Waals surface area contributed by atoms with E-state index in [9.17, 15) is 18.0 Å². The van der Waals surface area contributed by atoms with Crippen molar-refractivity contribution in [2.24, 2.45) is 0 Å². The topological polar surface area (TPSA) is 86.8 Å². The molecule has 0 unspecified atom stereocenters. The number of nitrogens with zero attached hydrogens (tertiary/aromatic N) is 2. The van der Waals surface area contributed by atoms with E-state index < -0.39 is 28.5 Å². The zero-order valence-corrected chi connectivity index (χ0v) is 26.2. The van der Waals surface area contributed by atoms with E-state index in [2.05, 4.69) is 5.32 Å². The number of sulfonamides is 1. The van der Waals surface area contributed by atoms with Crippen molar-refractivity contribution in [1.82, 2.24) is 10.2 Å². The van der Waals surface area contributed by atoms with Crippen molar-refractivity contribution >= 4 is 50.7 Å². The molecule has 0 fully saturated rings. The lowest BCUT2D eigenvalue weighted by molar-refractivity contribution is -0.140. The van der Waals surface area contributed by atoms with Gasteiger partial charge in [0.25, 0.3) is 10.0 Å². The summed E-state index contributed by atoms with van der Waals surface area (Å²) in [6.07, 6.45) is 0.212. The van der Waals surface area contributed by atoms with Crippen molar-refractivity contribution in [3.05, 3.63) is 130 Å². The molecule has 0 aliphatic heterocycles. The van der Waals surface area contributed by atoms with E-state index in [4.69, 9.17) is 23.2 Å². The molecule has 4 aromatic rings. The molecule has 0 saturated carbocycles. The number of amides is 2. The summed E-state index contributed by atoms with van der Waals surface area (Å²) in [5, 5.41) is 3.57. The third kappa shape index (κ3) is 8.38.